The van der Waals surface area contributed by atoms with E-state index in [1.54, 1.807) is 0 Å². The molecule has 0 amide bonds. The molecule has 0 aliphatic carbocycles. The SMILES string of the molecule is CCCCCCCCCC(=O)OCCCCCCCN(CCCCO)CCCCCCC(C)C(=O)OCCCCCC(CCC)CCC. The summed E-state index contributed by atoms with van der Waals surface area (Å²) in [5.41, 5.74) is 0. The van der Waals surface area contributed by atoms with E-state index in [9.17, 15) is 14.7 Å². The highest BCUT2D eigenvalue weighted by Gasteiger charge is 2.14. The lowest BCUT2D eigenvalue weighted by Gasteiger charge is -2.22. The van der Waals surface area contributed by atoms with Gasteiger partial charge < -0.3 is 19.5 Å². The Labute approximate surface area is 299 Å². The van der Waals surface area contributed by atoms with Gasteiger partial charge in [-0.25, -0.2) is 0 Å². The quantitative estimate of drug-likeness (QED) is 0.0516. The molecule has 0 radical (unpaired) electrons. The molecule has 1 unspecified atom stereocenters. The topological polar surface area (TPSA) is 76.1 Å². The maximum atomic E-state index is 12.4. The molecule has 0 aliphatic heterocycles. The van der Waals surface area contributed by atoms with Gasteiger partial charge >= 0.3 is 11.9 Å². The molecule has 1 N–H and O–H groups in total. The zero-order valence-corrected chi connectivity index (χ0v) is 32.7. The number of rotatable bonds is 38. The molecule has 0 rings (SSSR count). The second-order valence-electron chi connectivity index (χ2n) is 14.7. The molecule has 48 heavy (non-hydrogen) atoms. The van der Waals surface area contributed by atoms with Gasteiger partial charge in [-0.3, -0.25) is 9.59 Å². The van der Waals surface area contributed by atoms with Crippen LogP contribution in [0.15, 0.2) is 0 Å². The summed E-state index contributed by atoms with van der Waals surface area (Å²) >= 11 is 0. The van der Waals surface area contributed by atoms with Gasteiger partial charge in [-0.05, 0) is 76.9 Å². The van der Waals surface area contributed by atoms with Gasteiger partial charge in [0.05, 0.1) is 19.1 Å². The van der Waals surface area contributed by atoms with Crippen molar-refractivity contribution in [2.45, 2.75) is 207 Å². The minimum Gasteiger partial charge on any atom is -0.466 e. The third-order valence-electron chi connectivity index (χ3n) is 9.91. The second-order valence-corrected chi connectivity index (χ2v) is 14.7. The molecule has 0 aliphatic rings. The first kappa shape index (κ1) is 46.9. The van der Waals surface area contributed by atoms with E-state index in [1.165, 1.54) is 116 Å². The van der Waals surface area contributed by atoms with E-state index in [1.807, 2.05) is 6.92 Å². The first-order chi connectivity index (χ1) is 23.5. The van der Waals surface area contributed by atoms with E-state index in [2.05, 4.69) is 25.7 Å². The Morgan fingerprint density at radius 3 is 1.60 bits per heavy atom. The number of unbranched alkanes of at least 4 members (excludes halogenated alkanes) is 16. The third-order valence-corrected chi connectivity index (χ3v) is 9.91. The second kappa shape index (κ2) is 37.1. The molecule has 0 saturated heterocycles. The number of ether oxygens (including phenoxy) is 2. The van der Waals surface area contributed by atoms with Gasteiger partial charge in [-0.15, -0.1) is 0 Å². The van der Waals surface area contributed by atoms with E-state index in [0.717, 1.165) is 83.3 Å². The Kier molecular flexibility index (Phi) is 36.2. The van der Waals surface area contributed by atoms with Gasteiger partial charge in [0, 0.05) is 13.0 Å². The van der Waals surface area contributed by atoms with Crippen molar-refractivity contribution in [2.24, 2.45) is 11.8 Å². The van der Waals surface area contributed by atoms with E-state index < -0.39 is 0 Å². The summed E-state index contributed by atoms with van der Waals surface area (Å²) in [4.78, 5) is 26.9. The van der Waals surface area contributed by atoms with Gasteiger partial charge in [-0.1, -0.05) is 150 Å². The van der Waals surface area contributed by atoms with E-state index in [0.29, 0.717) is 19.6 Å². The van der Waals surface area contributed by atoms with Gasteiger partial charge in [0.1, 0.15) is 0 Å². The lowest BCUT2D eigenvalue weighted by molar-refractivity contribution is -0.148. The van der Waals surface area contributed by atoms with Gasteiger partial charge in [0.2, 0.25) is 0 Å². The van der Waals surface area contributed by atoms with E-state index >= 15 is 0 Å². The number of carbonyl (C=O) groups excluding carboxylic acids is 2. The van der Waals surface area contributed by atoms with Gasteiger partial charge in [0.15, 0.2) is 0 Å². The highest BCUT2D eigenvalue weighted by molar-refractivity contribution is 5.71. The number of esters is 2. The van der Waals surface area contributed by atoms with Crippen molar-refractivity contribution < 1.29 is 24.2 Å². The summed E-state index contributed by atoms with van der Waals surface area (Å²) < 4.78 is 11.0. The van der Waals surface area contributed by atoms with Crippen LogP contribution in [0.25, 0.3) is 0 Å². The first-order valence-corrected chi connectivity index (χ1v) is 21.1. The molecule has 0 aromatic heterocycles. The standard InChI is InChI=1S/C42H83NO5/c1-5-8-9-10-11-13-21-32-41(45)47-37-26-17-12-15-22-33-43(35-24-25-36-44)34-23-16-14-19-30-39(4)42(46)48-38-27-18-20-31-40(28-6-2)29-7-3/h39-40,44H,5-38H2,1-4H3. The summed E-state index contributed by atoms with van der Waals surface area (Å²) in [5.74, 6) is 0.848. The number of aliphatic hydroxyl groups excluding tert-OH is 1. The molecular formula is C42H83NO5. The van der Waals surface area contributed by atoms with Crippen LogP contribution in [-0.2, 0) is 19.1 Å². The molecule has 0 bridgehead atoms. The van der Waals surface area contributed by atoms with E-state index in [4.69, 9.17) is 9.47 Å². The van der Waals surface area contributed by atoms with Crippen LogP contribution < -0.4 is 0 Å². The smallest absolute Gasteiger partial charge is 0.308 e. The van der Waals surface area contributed by atoms with Crippen molar-refractivity contribution in [3.63, 3.8) is 0 Å². The summed E-state index contributed by atoms with van der Waals surface area (Å²) in [7, 11) is 0. The number of carbonyl (C=O) groups is 2. The molecule has 0 spiro atoms. The largest absolute Gasteiger partial charge is 0.466 e. The van der Waals surface area contributed by atoms with Crippen LogP contribution in [0.2, 0.25) is 0 Å². The van der Waals surface area contributed by atoms with Crippen LogP contribution in [0.1, 0.15) is 207 Å². The number of aliphatic hydroxyl groups is 1. The average molecular weight is 682 g/mol. The molecular weight excluding hydrogens is 598 g/mol. The molecule has 6 heteroatoms. The highest BCUT2D eigenvalue weighted by Crippen LogP contribution is 2.21. The molecule has 6 nitrogen and oxygen atoms in total. The van der Waals surface area contributed by atoms with Crippen LogP contribution in [0, 0.1) is 11.8 Å². The Bertz CT molecular complexity index is 681. The van der Waals surface area contributed by atoms with Crippen molar-refractivity contribution in [1.29, 1.82) is 0 Å². The molecule has 0 aromatic rings. The molecule has 0 saturated carbocycles. The van der Waals surface area contributed by atoms with Crippen LogP contribution in [0.4, 0.5) is 0 Å². The maximum Gasteiger partial charge on any atom is 0.308 e. The predicted molar refractivity (Wildman–Crippen MR) is 204 cm³/mol. The van der Waals surface area contributed by atoms with Gasteiger partial charge in [0.25, 0.3) is 0 Å². The number of hydrogen-bond donors (Lipinski definition) is 1. The Balaban J connectivity index is 3.87. The predicted octanol–water partition coefficient (Wildman–Crippen LogP) is 11.6. The van der Waals surface area contributed by atoms with Crippen molar-refractivity contribution in [3.8, 4) is 0 Å². The van der Waals surface area contributed by atoms with E-state index in [-0.39, 0.29) is 24.5 Å². The number of nitrogens with zero attached hydrogens (tertiary/aromatic N) is 1. The Morgan fingerprint density at radius 1 is 0.521 bits per heavy atom. The lowest BCUT2D eigenvalue weighted by Crippen LogP contribution is -2.27. The number of hydrogen-bond acceptors (Lipinski definition) is 6. The summed E-state index contributed by atoms with van der Waals surface area (Å²) in [6, 6.07) is 0. The summed E-state index contributed by atoms with van der Waals surface area (Å²) in [6.45, 7) is 13.6. The zero-order valence-electron chi connectivity index (χ0n) is 32.7. The first-order valence-electron chi connectivity index (χ1n) is 21.1. The summed E-state index contributed by atoms with van der Waals surface area (Å²) in [6.07, 6.45) is 32.4. The Hall–Kier alpha value is -1.14. The molecule has 0 aromatic carbocycles. The van der Waals surface area contributed by atoms with Crippen LogP contribution in [0.3, 0.4) is 0 Å². The van der Waals surface area contributed by atoms with Crippen LogP contribution in [0.5, 0.6) is 0 Å². The maximum absolute atomic E-state index is 12.4. The van der Waals surface area contributed by atoms with Crippen LogP contribution >= 0.6 is 0 Å². The molecule has 286 valence electrons. The minimum absolute atomic E-state index is 0.000393. The van der Waals surface area contributed by atoms with Crippen molar-refractivity contribution in [2.75, 3.05) is 39.5 Å². The summed E-state index contributed by atoms with van der Waals surface area (Å²) in [5, 5.41) is 9.23. The average Bonchev–Trinajstić information content (AvgIpc) is 3.08. The third kappa shape index (κ3) is 32.1. The van der Waals surface area contributed by atoms with Crippen molar-refractivity contribution in [1.82, 2.24) is 4.90 Å². The molecule has 0 heterocycles. The fourth-order valence-corrected chi connectivity index (χ4v) is 6.77. The monoisotopic (exact) mass is 682 g/mol. The lowest BCUT2D eigenvalue weighted by atomic mass is 9.92. The van der Waals surface area contributed by atoms with Crippen LogP contribution in [-0.4, -0.2) is 61.4 Å². The minimum atomic E-state index is -0.0199. The zero-order chi connectivity index (χ0) is 35.3. The normalized spacial score (nSPS) is 12.2. The van der Waals surface area contributed by atoms with Crippen molar-refractivity contribution >= 4 is 11.9 Å². The fraction of sp³-hybridized carbons (Fsp3) is 0.952. The Morgan fingerprint density at radius 2 is 1.00 bits per heavy atom. The van der Waals surface area contributed by atoms with Gasteiger partial charge in [-0.2, -0.15) is 0 Å². The fourth-order valence-electron chi connectivity index (χ4n) is 6.77. The molecule has 0 fully saturated rings. The molecule has 1 atom stereocenters. The highest BCUT2D eigenvalue weighted by atomic mass is 16.5. The van der Waals surface area contributed by atoms with Crippen molar-refractivity contribution in [3.05, 3.63) is 0 Å².